The summed E-state index contributed by atoms with van der Waals surface area (Å²) in [7, 11) is 0. The van der Waals surface area contributed by atoms with Crippen LogP contribution in [0.4, 0.5) is 4.39 Å². The molecule has 1 fully saturated rings. The standard InChI is InChI=1S/C17H20FNS/c18-16-9-8-13(11-15(16)17-7-4-10-20-17)12-19-14-5-2-1-3-6-14/h4,7-11,14,19H,1-3,5-6,12H2. The molecule has 1 aromatic heterocycles. The molecule has 1 heterocycles. The van der Waals surface area contributed by atoms with Crippen molar-refractivity contribution in [2.75, 3.05) is 0 Å². The Labute approximate surface area is 123 Å². The molecule has 1 saturated carbocycles. The third kappa shape index (κ3) is 3.28. The molecule has 0 spiro atoms. The van der Waals surface area contributed by atoms with E-state index in [0.29, 0.717) is 6.04 Å². The van der Waals surface area contributed by atoms with E-state index in [1.165, 1.54) is 37.7 Å². The molecule has 3 heteroatoms. The first-order valence-corrected chi connectivity index (χ1v) is 8.26. The summed E-state index contributed by atoms with van der Waals surface area (Å²) in [6.07, 6.45) is 6.60. The monoisotopic (exact) mass is 289 g/mol. The summed E-state index contributed by atoms with van der Waals surface area (Å²) < 4.78 is 13.9. The van der Waals surface area contributed by atoms with Gasteiger partial charge in [-0.1, -0.05) is 31.4 Å². The number of hydrogen-bond donors (Lipinski definition) is 1. The van der Waals surface area contributed by atoms with Gasteiger partial charge in [-0.2, -0.15) is 0 Å². The highest BCUT2D eigenvalue weighted by atomic mass is 32.1. The van der Waals surface area contributed by atoms with Crippen LogP contribution in [0.25, 0.3) is 10.4 Å². The Hall–Kier alpha value is -1.19. The fourth-order valence-electron chi connectivity index (χ4n) is 2.87. The Morgan fingerprint density at radius 2 is 2.00 bits per heavy atom. The van der Waals surface area contributed by atoms with E-state index in [-0.39, 0.29) is 5.82 Å². The van der Waals surface area contributed by atoms with E-state index in [4.69, 9.17) is 0 Å². The van der Waals surface area contributed by atoms with Crippen molar-refractivity contribution in [2.45, 2.75) is 44.7 Å². The lowest BCUT2D eigenvalue weighted by molar-refractivity contribution is 0.372. The molecule has 0 bridgehead atoms. The van der Waals surface area contributed by atoms with Crippen molar-refractivity contribution in [3.05, 3.63) is 47.1 Å². The third-order valence-electron chi connectivity index (χ3n) is 4.02. The molecule has 0 atom stereocenters. The van der Waals surface area contributed by atoms with Gasteiger partial charge >= 0.3 is 0 Å². The summed E-state index contributed by atoms with van der Waals surface area (Å²) >= 11 is 1.58. The van der Waals surface area contributed by atoms with Crippen molar-refractivity contribution in [3.63, 3.8) is 0 Å². The van der Waals surface area contributed by atoms with Crippen LogP contribution >= 0.6 is 11.3 Å². The minimum absolute atomic E-state index is 0.131. The smallest absolute Gasteiger partial charge is 0.131 e. The molecule has 106 valence electrons. The maximum atomic E-state index is 13.9. The molecular weight excluding hydrogens is 269 g/mol. The quantitative estimate of drug-likeness (QED) is 0.837. The van der Waals surface area contributed by atoms with Crippen molar-refractivity contribution >= 4 is 11.3 Å². The van der Waals surface area contributed by atoms with Gasteiger partial charge in [-0.25, -0.2) is 4.39 Å². The lowest BCUT2D eigenvalue weighted by Crippen LogP contribution is -2.30. The molecule has 1 aliphatic rings. The first-order chi connectivity index (χ1) is 9.83. The predicted molar refractivity (Wildman–Crippen MR) is 83.4 cm³/mol. The summed E-state index contributed by atoms with van der Waals surface area (Å²) in [5.74, 6) is -0.131. The van der Waals surface area contributed by atoms with E-state index in [1.807, 2.05) is 29.6 Å². The number of benzene rings is 1. The number of halogens is 1. The molecule has 0 saturated heterocycles. The van der Waals surface area contributed by atoms with Crippen LogP contribution in [0.15, 0.2) is 35.7 Å². The van der Waals surface area contributed by atoms with Gasteiger partial charge in [0.25, 0.3) is 0 Å². The van der Waals surface area contributed by atoms with Crippen molar-refractivity contribution in [2.24, 2.45) is 0 Å². The maximum Gasteiger partial charge on any atom is 0.131 e. The Morgan fingerprint density at radius 3 is 2.75 bits per heavy atom. The van der Waals surface area contributed by atoms with Crippen LogP contribution in [0.5, 0.6) is 0 Å². The first kappa shape index (κ1) is 13.8. The second-order valence-electron chi connectivity index (χ2n) is 5.51. The van der Waals surface area contributed by atoms with Gasteiger partial charge in [0.15, 0.2) is 0 Å². The Balaban J connectivity index is 1.69. The lowest BCUT2D eigenvalue weighted by atomic mass is 9.95. The molecule has 1 N–H and O–H groups in total. The molecule has 3 rings (SSSR count). The van der Waals surface area contributed by atoms with Gasteiger partial charge in [-0.15, -0.1) is 11.3 Å². The van der Waals surface area contributed by atoms with Gasteiger partial charge in [-0.05, 0) is 42.0 Å². The Kier molecular flexibility index (Phi) is 4.48. The molecule has 0 aliphatic heterocycles. The van der Waals surface area contributed by atoms with Crippen LogP contribution < -0.4 is 5.32 Å². The molecule has 20 heavy (non-hydrogen) atoms. The number of nitrogens with one attached hydrogen (secondary N) is 1. The molecular formula is C17H20FNS. The average molecular weight is 289 g/mol. The molecule has 1 nitrogen and oxygen atoms in total. The van der Waals surface area contributed by atoms with Crippen LogP contribution in [0.3, 0.4) is 0 Å². The van der Waals surface area contributed by atoms with Crippen LogP contribution in [-0.4, -0.2) is 6.04 Å². The number of hydrogen-bond acceptors (Lipinski definition) is 2. The van der Waals surface area contributed by atoms with Crippen molar-refractivity contribution in [3.8, 4) is 10.4 Å². The van der Waals surface area contributed by atoms with Gasteiger partial charge in [0.2, 0.25) is 0 Å². The second-order valence-corrected chi connectivity index (χ2v) is 6.46. The summed E-state index contributed by atoms with van der Waals surface area (Å²) in [5, 5.41) is 5.60. The topological polar surface area (TPSA) is 12.0 Å². The fourth-order valence-corrected chi connectivity index (χ4v) is 3.62. The van der Waals surface area contributed by atoms with E-state index in [0.717, 1.165) is 17.0 Å². The predicted octanol–water partition coefficient (Wildman–Crippen LogP) is 4.98. The highest BCUT2D eigenvalue weighted by molar-refractivity contribution is 7.13. The normalized spacial score (nSPS) is 16.4. The summed E-state index contributed by atoms with van der Waals surface area (Å²) in [4.78, 5) is 1.00. The SMILES string of the molecule is Fc1ccc(CNC2CCCCC2)cc1-c1cccs1. The van der Waals surface area contributed by atoms with Crippen LogP contribution in [0.2, 0.25) is 0 Å². The zero-order chi connectivity index (χ0) is 13.8. The van der Waals surface area contributed by atoms with Gasteiger partial charge < -0.3 is 5.32 Å². The zero-order valence-corrected chi connectivity index (χ0v) is 12.4. The Bertz CT molecular complexity index is 544. The highest BCUT2D eigenvalue weighted by Crippen LogP contribution is 2.28. The van der Waals surface area contributed by atoms with Crippen LogP contribution in [0, 0.1) is 5.82 Å². The molecule has 0 unspecified atom stereocenters. The minimum Gasteiger partial charge on any atom is -0.310 e. The Morgan fingerprint density at radius 1 is 1.15 bits per heavy atom. The molecule has 1 aliphatic carbocycles. The molecule has 0 radical (unpaired) electrons. The van der Waals surface area contributed by atoms with Crippen LogP contribution in [-0.2, 0) is 6.54 Å². The molecule has 1 aromatic carbocycles. The van der Waals surface area contributed by atoms with Gasteiger partial charge in [0.05, 0.1) is 0 Å². The maximum absolute atomic E-state index is 13.9. The van der Waals surface area contributed by atoms with Crippen molar-refractivity contribution in [1.29, 1.82) is 0 Å². The van der Waals surface area contributed by atoms with Crippen LogP contribution in [0.1, 0.15) is 37.7 Å². The second kappa shape index (κ2) is 6.51. The van der Waals surface area contributed by atoms with Gasteiger partial charge in [0, 0.05) is 23.0 Å². The minimum atomic E-state index is -0.131. The largest absolute Gasteiger partial charge is 0.310 e. The van der Waals surface area contributed by atoms with E-state index in [9.17, 15) is 4.39 Å². The van der Waals surface area contributed by atoms with Crippen molar-refractivity contribution < 1.29 is 4.39 Å². The third-order valence-corrected chi connectivity index (χ3v) is 4.92. The number of thiophene rings is 1. The van der Waals surface area contributed by atoms with Gasteiger partial charge in [-0.3, -0.25) is 0 Å². The molecule has 2 aromatic rings. The molecule has 0 amide bonds. The summed E-state index contributed by atoms with van der Waals surface area (Å²) in [6.45, 7) is 0.837. The van der Waals surface area contributed by atoms with E-state index < -0.39 is 0 Å². The van der Waals surface area contributed by atoms with E-state index in [1.54, 1.807) is 17.4 Å². The summed E-state index contributed by atoms with van der Waals surface area (Å²) in [5.41, 5.74) is 1.89. The highest BCUT2D eigenvalue weighted by Gasteiger charge is 2.13. The average Bonchev–Trinajstić information content (AvgIpc) is 3.01. The number of rotatable bonds is 4. The lowest BCUT2D eigenvalue weighted by Gasteiger charge is -2.23. The van der Waals surface area contributed by atoms with E-state index >= 15 is 0 Å². The zero-order valence-electron chi connectivity index (χ0n) is 11.6. The fraction of sp³-hybridized carbons (Fsp3) is 0.412. The van der Waals surface area contributed by atoms with E-state index in [2.05, 4.69) is 5.32 Å². The van der Waals surface area contributed by atoms with Crippen molar-refractivity contribution in [1.82, 2.24) is 5.32 Å². The van der Waals surface area contributed by atoms with Gasteiger partial charge in [0.1, 0.15) is 5.82 Å². The summed E-state index contributed by atoms with van der Waals surface area (Å²) in [6, 6.07) is 10.0. The first-order valence-electron chi connectivity index (χ1n) is 7.38.